The number of carboxylic acids is 2. The highest BCUT2D eigenvalue weighted by atomic mass is 16.5. The average molecular weight is 600 g/mol. The van der Waals surface area contributed by atoms with E-state index in [9.17, 15) is 29.4 Å². The van der Waals surface area contributed by atoms with E-state index in [0.717, 1.165) is 37.7 Å². The summed E-state index contributed by atoms with van der Waals surface area (Å²) in [6.07, 6.45) is 9.42. The number of ether oxygens (including phenoxy) is 1. The van der Waals surface area contributed by atoms with Gasteiger partial charge in [-0.1, -0.05) is 46.6 Å². The number of aliphatic carboxylic acids is 2. The van der Waals surface area contributed by atoms with Gasteiger partial charge in [0.25, 0.3) is 0 Å². The van der Waals surface area contributed by atoms with Crippen LogP contribution in [-0.2, 0) is 19.1 Å². The number of amides is 1. The Hall–Kier alpha value is -2.38. The molecular weight excluding hydrogens is 546 g/mol. The van der Waals surface area contributed by atoms with Crippen molar-refractivity contribution in [1.29, 1.82) is 0 Å². The molecule has 10 atom stereocenters. The van der Waals surface area contributed by atoms with Crippen molar-refractivity contribution in [2.75, 3.05) is 6.61 Å². The molecule has 0 aliphatic heterocycles. The number of hydrogen-bond acceptors (Lipinski definition) is 5. The molecule has 0 aromatic rings. The van der Waals surface area contributed by atoms with Crippen LogP contribution in [0.2, 0.25) is 0 Å². The number of unbranched alkanes of at least 4 members (excludes halogenated alkanes) is 1. The number of hydrogen-bond donors (Lipinski definition) is 3. The topological polar surface area (TPSA) is 130 Å². The van der Waals surface area contributed by atoms with Gasteiger partial charge in [-0.05, 0) is 118 Å². The third-order valence-electron chi connectivity index (χ3n) is 14.3. The molecule has 8 heteroatoms. The van der Waals surface area contributed by atoms with Gasteiger partial charge in [0.15, 0.2) is 5.78 Å². The van der Waals surface area contributed by atoms with Gasteiger partial charge in [0.05, 0.1) is 17.4 Å². The van der Waals surface area contributed by atoms with E-state index >= 15 is 0 Å². The predicted molar refractivity (Wildman–Crippen MR) is 162 cm³/mol. The number of rotatable bonds is 6. The number of alkyl carbamates (subject to hydrolysis) is 1. The minimum atomic E-state index is -1.25. The summed E-state index contributed by atoms with van der Waals surface area (Å²) in [5.41, 5.74) is -2.15. The quantitative estimate of drug-likeness (QED) is 0.280. The third kappa shape index (κ3) is 4.42. The molecule has 0 radical (unpaired) electrons. The number of allylic oxidation sites excluding steroid dienone is 2. The van der Waals surface area contributed by atoms with Gasteiger partial charge in [-0.2, -0.15) is 0 Å². The van der Waals surface area contributed by atoms with Crippen molar-refractivity contribution < 1.29 is 34.1 Å². The summed E-state index contributed by atoms with van der Waals surface area (Å²) in [6, 6.07) is -0.590. The van der Waals surface area contributed by atoms with E-state index in [4.69, 9.17) is 4.74 Å². The lowest BCUT2D eigenvalue weighted by atomic mass is 9.33. The van der Waals surface area contributed by atoms with Gasteiger partial charge >= 0.3 is 18.0 Å². The van der Waals surface area contributed by atoms with Crippen LogP contribution in [0.25, 0.3) is 0 Å². The fraction of sp³-hybridized carbons (Fsp3) is 0.829. The van der Waals surface area contributed by atoms with E-state index in [1.165, 1.54) is 0 Å². The van der Waals surface area contributed by atoms with Crippen molar-refractivity contribution in [2.24, 2.45) is 50.2 Å². The van der Waals surface area contributed by atoms with E-state index in [-0.39, 0.29) is 39.8 Å². The van der Waals surface area contributed by atoms with Crippen LogP contribution in [0.4, 0.5) is 4.79 Å². The maximum absolute atomic E-state index is 14.5. The van der Waals surface area contributed by atoms with Crippen LogP contribution in [0.15, 0.2) is 11.6 Å². The molecule has 8 nitrogen and oxygen atoms in total. The number of carbonyl (C=O) groups is 4. The maximum atomic E-state index is 14.5. The molecule has 0 aromatic heterocycles. The molecule has 43 heavy (non-hydrogen) atoms. The van der Waals surface area contributed by atoms with Crippen molar-refractivity contribution in [2.45, 2.75) is 125 Å². The molecule has 4 saturated carbocycles. The first-order valence-electron chi connectivity index (χ1n) is 16.6. The molecule has 5 aliphatic rings. The smallest absolute Gasteiger partial charge is 0.407 e. The highest BCUT2D eigenvalue weighted by molar-refractivity contribution is 5.96. The van der Waals surface area contributed by atoms with Crippen LogP contribution in [0, 0.1) is 50.2 Å². The number of carboxylic acid groups (broad SMARTS) is 2. The Morgan fingerprint density at radius 1 is 0.930 bits per heavy atom. The van der Waals surface area contributed by atoms with Gasteiger partial charge in [-0.3, -0.25) is 14.4 Å². The Morgan fingerprint density at radius 3 is 2.23 bits per heavy atom. The van der Waals surface area contributed by atoms with E-state index in [1.54, 1.807) is 6.92 Å². The zero-order valence-electron chi connectivity index (χ0n) is 27.3. The van der Waals surface area contributed by atoms with Gasteiger partial charge < -0.3 is 20.3 Å². The molecular formula is C35H53NO7. The van der Waals surface area contributed by atoms with Crippen LogP contribution in [0.1, 0.15) is 119 Å². The molecule has 5 rings (SSSR count). The summed E-state index contributed by atoms with van der Waals surface area (Å²) in [7, 11) is 0. The van der Waals surface area contributed by atoms with Crippen molar-refractivity contribution >= 4 is 23.8 Å². The lowest BCUT2D eigenvalue weighted by molar-refractivity contribution is -0.201. The van der Waals surface area contributed by atoms with Crippen LogP contribution in [0.5, 0.6) is 0 Å². The molecule has 0 aromatic carbocycles. The third-order valence-corrected chi connectivity index (χ3v) is 14.3. The summed E-state index contributed by atoms with van der Waals surface area (Å²) in [6.45, 7) is 14.9. The van der Waals surface area contributed by atoms with Crippen LogP contribution in [0.3, 0.4) is 0 Å². The molecule has 0 bridgehead atoms. The molecule has 1 amide bonds. The highest BCUT2D eigenvalue weighted by Gasteiger charge is 2.72. The van der Waals surface area contributed by atoms with Gasteiger partial charge in [-0.15, -0.1) is 0 Å². The van der Waals surface area contributed by atoms with Gasteiger partial charge in [0, 0.05) is 12.0 Å². The first kappa shape index (κ1) is 32.0. The fourth-order valence-electron chi connectivity index (χ4n) is 11.1. The minimum absolute atomic E-state index is 0.0256. The summed E-state index contributed by atoms with van der Waals surface area (Å²) in [4.78, 5) is 52.7. The monoisotopic (exact) mass is 599 g/mol. The Balaban J connectivity index is 1.52. The first-order chi connectivity index (χ1) is 19.9. The second-order valence-corrected chi connectivity index (χ2v) is 16.4. The minimum Gasteiger partial charge on any atom is -0.481 e. The zero-order chi connectivity index (χ0) is 31.8. The van der Waals surface area contributed by atoms with Gasteiger partial charge in [0.1, 0.15) is 0 Å². The highest BCUT2D eigenvalue weighted by Crippen LogP contribution is 2.75. The van der Waals surface area contributed by atoms with Crippen LogP contribution < -0.4 is 5.32 Å². The fourth-order valence-corrected chi connectivity index (χ4v) is 11.1. The average Bonchev–Trinajstić information content (AvgIpc) is 2.92. The molecule has 3 N–H and O–H groups in total. The molecule has 4 fully saturated rings. The van der Waals surface area contributed by atoms with Gasteiger partial charge in [0.2, 0.25) is 0 Å². The zero-order valence-corrected chi connectivity index (χ0v) is 27.3. The molecule has 240 valence electrons. The Labute approximate surface area is 256 Å². The molecule has 5 aliphatic carbocycles. The lowest BCUT2D eigenvalue weighted by Gasteiger charge is -2.70. The Kier molecular flexibility index (Phi) is 7.70. The van der Waals surface area contributed by atoms with Crippen molar-refractivity contribution in [3.8, 4) is 0 Å². The summed E-state index contributed by atoms with van der Waals surface area (Å²) in [5, 5.41) is 23.8. The molecule has 0 spiro atoms. The van der Waals surface area contributed by atoms with Crippen molar-refractivity contribution in [3.63, 3.8) is 0 Å². The standard InChI is InChI=1S/C35H53NO7/c1-8-9-18-43-29(42)36-25-11-12-32(4)24(35(25,7)28(40)41)10-13-34(6)26(32)23(37)19-21-22-20-31(3,27(38)39)15-14-30(22,2)16-17-33(21,34)5/h19,22,24-26H,8-18,20H2,1-7H3,(H,36,42)(H,38,39)(H,40,41)/t22-,24+,25-,26+,30+,31-,32-,33+,34+,35-/m0/s1. The van der Waals surface area contributed by atoms with Gasteiger partial charge in [-0.25, -0.2) is 4.79 Å². The molecule has 0 saturated heterocycles. The number of carbonyl (C=O) groups excluding carboxylic acids is 2. The van der Waals surface area contributed by atoms with Crippen LogP contribution in [-0.4, -0.2) is 46.7 Å². The Morgan fingerprint density at radius 2 is 1.60 bits per heavy atom. The lowest BCUT2D eigenvalue weighted by Crippen LogP contribution is -2.69. The summed E-state index contributed by atoms with van der Waals surface area (Å²) >= 11 is 0. The summed E-state index contributed by atoms with van der Waals surface area (Å²) in [5.74, 6) is -2.23. The number of ketones is 1. The van der Waals surface area contributed by atoms with Crippen LogP contribution >= 0.6 is 0 Å². The van der Waals surface area contributed by atoms with E-state index in [0.29, 0.717) is 45.1 Å². The van der Waals surface area contributed by atoms with E-state index < -0.39 is 40.3 Å². The normalized spacial score (nSPS) is 47.1. The van der Waals surface area contributed by atoms with E-state index in [2.05, 4.69) is 33.0 Å². The second-order valence-electron chi connectivity index (χ2n) is 16.4. The van der Waals surface area contributed by atoms with Crippen molar-refractivity contribution in [3.05, 3.63) is 11.6 Å². The second kappa shape index (κ2) is 10.3. The summed E-state index contributed by atoms with van der Waals surface area (Å²) < 4.78 is 5.35. The predicted octanol–water partition coefficient (Wildman–Crippen LogP) is 7.01. The van der Waals surface area contributed by atoms with E-state index in [1.807, 2.05) is 19.9 Å². The largest absolute Gasteiger partial charge is 0.481 e. The first-order valence-corrected chi connectivity index (χ1v) is 16.6. The molecule has 0 unspecified atom stereocenters. The Bertz CT molecular complexity index is 1240. The maximum Gasteiger partial charge on any atom is 0.407 e. The van der Waals surface area contributed by atoms with Crippen molar-refractivity contribution in [1.82, 2.24) is 5.32 Å². The SMILES string of the molecule is CCCCOC(=O)N[C@H]1CC[C@@]2(C)[C@@H](CC[C@]3(C)[C@@H]2C(=O)C=C2[C@@H]4C[C@@](C)(C(=O)O)CC[C@]4(C)CC[C@]23C)[C@]1(C)C(=O)O. The number of nitrogens with one attached hydrogen (secondary N) is 1. The number of fused-ring (bicyclic) bond motifs is 7. The molecule has 0 heterocycles.